The number of rotatable bonds is 6. The molecule has 1 atom stereocenters. The van der Waals surface area contributed by atoms with Crippen molar-refractivity contribution >= 4 is 32.7 Å². The highest BCUT2D eigenvalue weighted by Gasteiger charge is 2.40. The van der Waals surface area contributed by atoms with Crippen molar-refractivity contribution in [2.75, 3.05) is 37.6 Å². The standard InChI is InChI=1S/C25H32N6O3S/c1-2-13-30-23-12-11-21(19-22(23)26-27-30)35(33,34)31-14-7-6-10-24(31)25(32)29-17-15-28(16-18-29)20-8-4-3-5-9-20/h3-5,8-9,11-12,19,24H,2,6-7,10,13-18H2,1H3. The molecule has 35 heavy (non-hydrogen) atoms. The maximum absolute atomic E-state index is 13.7. The zero-order chi connectivity index (χ0) is 24.4. The Hall–Kier alpha value is -2.98. The summed E-state index contributed by atoms with van der Waals surface area (Å²) in [6, 6.07) is 14.5. The molecule has 0 bridgehead atoms. The van der Waals surface area contributed by atoms with Crippen LogP contribution in [0, 0.1) is 0 Å². The summed E-state index contributed by atoms with van der Waals surface area (Å²) in [4.78, 5) is 17.8. The second kappa shape index (κ2) is 9.94. The number of sulfonamides is 1. The number of hydrogen-bond donors (Lipinski definition) is 0. The molecule has 0 spiro atoms. The highest BCUT2D eigenvalue weighted by molar-refractivity contribution is 7.89. The Morgan fingerprint density at radius 2 is 1.77 bits per heavy atom. The monoisotopic (exact) mass is 496 g/mol. The first-order chi connectivity index (χ1) is 17.0. The van der Waals surface area contributed by atoms with Gasteiger partial charge in [0.15, 0.2) is 0 Å². The molecule has 5 rings (SSSR count). The number of carbonyl (C=O) groups excluding carboxylic acids is 1. The van der Waals surface area contributed by atoms with Gasteiger partial charge in [-0.05, 0) is 49.6 Å². The highest BCUT2D eigenvalue weighted by atomic mass is 32.2. The van der Waals surface area contributed by atoms with E-state index in [1.165, 1.54) is 4.31 Å². The van der Waals surface area contributed by atoms with Gasteiger partial charge in [-0.3, -0.25) is 4.79 Å². The zero-order valence-corrected chi connectivity index (χ0v) is 20.9. The molecule has 10 heteroatoms. The van der Waals surface area contributed by atoms with Gasteiger partial charge in [0.2, 0.25) is 15.9 Å². The molecule has 186 valence electrons. The fourth-order valence-corrected chi connectivity index (χ4v) is 6.77. The zero-order valence-electron chi connectivity index (χ0n) is 20.1. The van der Waals surface area contributed by atoms with E-state index < -0.39 is 16.1 Å². The fourth-order valence-electron chi connectivity index (χ4n) is 5.10. The quantitative estimate of drug-likeness (QED) is 0.521. The minimum atomic E-state index is -3.84. The van der Waals surface area contributed by atoms with E-state index in [0.29, 0.717) is 31.6 Å². The van der Waals surface area contributed by atoms with Crippen LogP contribution in [0.5, 0.6) is 0 Å². The summed E-state index contributed by atoms with van der Waals surface area (Å²) < 4.78 is 30.6. The number of aromatic nitrogens is 3. The summed E-state index contributed by atoms with van der Waals surface area (Å²) >= 11 is 0. The molecule has 0 radical (unpaired) electrons. The van der Waals surface area contributed by atoms with Crippen molar-refractivity contribution in [2.24, 2.45) is 0 Å². The van der Waals surface area contributed by atoms with Gasteiger partial charge in [0, 0.05) is 45.0 Å². The molecule has 0 aliphatic carbocycles. The molecule has 0 saturated carbocycles. The maximum atomic E-state index is 13.7. The number of carbonyl (C=O) groups is 1. The third-order valence-corrected chi connectivity index (χ3v) is 8.88. The first-order valence-electron chi connectivity index (χ1n) is 12.4. The molecule has 1 unspecified atom stereocenters. The van der Waals surface area contributed by atoms with Crippen molar-refractivity contribution in [3.63, 3.8) is 0 Å². The average molecular weight is 497 g/mol. The maximum Gasteiger partial charge on any atom is 0.243 e. The van der Waals surface area contributed by atoms with E-state index in [1.807, 2.05) is 23.1 Å². The Bertz CT molecular complexity index is 1290. The highest BCUT2D eigenvalue weighted by Crippen LogP contribution is 2.29. The predicted molar refractivity (Wildman–Crippen MR) is 135 cm³/mol. The molecule has 3 heterocycles. The average Bonchev–Trinajstić information content (AvgIpc) is 3.31. The summed E-state index contributed by atoms with van der Waals surface area (Å²) in [7, 11) is -3.84. The Labute approximate surface area is 206 Å². The third-order valence-electron chi connectivity index (χ3n) is 6.98. The Morgan fingerprint density at radius 1 is 1.00 bits per heavy atom. The van der Waals surface area contributed by atoms with Crippen molar-refractivity contribution in [1.82, 2.24) is 24.2 Å². The normalized spacial score (nSPS) is 19.9. The first kappa shape index (κ1) is 23.7. The van der Waals surface area contributed by atoms with Gasteiger partial charge in [0.1, 0.15) is 11.6 Å². The van der Waals surface area contributed by atoms with E-state index in [0.717, 1.165) is 50.1 Å². The molecule has 3 aromatic rings. The Balaban J connectivity index is 1.33. The largest absolute Gasteiger partial charge is 0.368 e. The van der Waals surface area contributed by atoms with Crippen LogP contribution in [0.25, 0.3) is 11.0 Å². The lowest BCUT2D eigenvalue weighted by molar-refractivity contribution is -0.136. The summed E-state index contributed by atoms with van der Waals surface area (Å²) in [5.41, 5.74) is 2.51. The van der Waals surface area contributed by atoms with Crippen LogP contribution in [-0.4, -0.2) is 77.3 Å². The number of aryl methyl sites for hydroxylation is 1. The lowest BCUT2D eigenvalue weighted by atomic mass is 10.0. The molecule has 2 aliphatic heterocycles. The van der Waals surface area contributed by atoms with E-state index in [1.54, 1.807) is 22.9 Å². The van der Waals surface area contributed by atoms with Gasteiger partial charge in [0.25, 0.3) is 0 Å². The van der Waals surface area contributed by atoms with Gasteiger partial charge >= 0.3 is 0 Å². The lowest BCUT2D eigenvalue weighted by Gasteiger charge is -2.40. The molecular weight excluding hydrogens is 464 g/mol. The lowest BCUT2D eigenvalue weighted by Crippen LogP contribution is -2.57. The topological polar surface area (TPSA) is 91.6 Å². The van der Waals surface area contributed by atoms with Gasteiger partial charge in [-0.25, -0.2) is 13.1 Å². The Morgan fingerprint density at radius 3 is 2.51 bits per heavy atom. The number of amides is 1. The van der Waals surface area contributed by atoms with E-state index >= 15 is 0 Å². The first-order valence-corrected chi connectivity index (χ1v) is 13.9. The van der Waals surface area contributed by atoms with Crippen LogP contribution < -0.4 is 4.90 Å². The predicted octanol–water partition coefficient (Wildman–Crippen LogP) is 2.73. The van der Waals surface area contributed by atoms with Crippen molar-refractivity contribution < 1.29 is 13.2 Å². The molecule has 2 aromatic carbocycles. The van der Waals surface area contributed by atoms with Crippen LogP contribution in [0.15, 0.2) is 53.4 Å². The van der Waals surface area contributed by atoms with Crippen LogP contribution in [-0.2, 0) is 21.4 Å². The minimum absolute atomic E-state index is 0.0871. The van der Waals surface area contributed by atoms with Gasteiger partial charge in [0.05, 0.1) is 10.4 Å². The molecule has 1 aromatic heterocycles. The second-order valence-corrected chi connectivity index (χ2v) is 11.1. The van der Waals surface area contributed by atoms with Crippen molar-refractivity contribution in [2.45, 2.75) is 50.1 Å². The number of nitrogens with zero attached hydrogens (tertiary/aromatic N) is 6. The molecule has 2 saturated heterocycles. The molecule has 9 nitrogen and oxygen atoms in total. The smallest absolute Gasteiger partial charge is 0.243 e. The summed E-state index contributed by atoms with van der Waals surface area (Å²) in [6.07, 6.45) is 3.05. The number of piperazine rings is 1. The van der Waals surface area contributed by atoms with E-state index in [2.05, 4.69) is 34.3 Å². The summed E-state index contributed by atoms with van der Waals surface area (Å²) in [5.74, 6) is -0.0871. The van der Waals surface area contributed by atoms with Gasteiger partial charge in [-0.15, -0.1) is 5.10 Å². The number of benzene rings is 2. The molecule has 2 fully saturated rings. The van der Waals surface area contributed by atoms with E-state index in [9.17, 15) is 13.2 Å². The van der Waals surface area contributed by atoms with Crippen LogP contribution in [0.1, 0.15) is 32.6 Å². The van der Waals surface area contributed by atoms with Crippen LogP contribution >= 0.6 is 0 Å². The van der Waals surface area contributed by atoms with Gasteiger partial charge < -0.3 is 9.80 Å². The number of anilines is 1. The number of hydrogen-bond acceptors (Lipinski definition) is 6. The van der Waals surface area contributed by atoms with Gasteiger partial charge in [-0.1, -0.05) is 36.8 Å². The van der Waals surface area contributed by atoms with E-state index in [-0.39, 0.29) is 10.8 Å². The summed E-state index contributed by atoms with van der Waals surface area (Å²) in [5, 5.41) is 8.31. The third kappa shape index (κ3) is 4.64. The Kier molecular flexibility index (Phi) is 6.75. The number of fused-ring (bicyclic) bond motifs is 1. The van der Waals surface area contributed by atoms with Crippen molar-refractivity contribution in [1.29, 1.82) is 0 Å². The summed E-state index contributed by atoms with van der Waals surface area (Å²) in [6.45, 7) is 5.78. The van der Waals surface area contributed by atoms with Crippen LogP contribution in [0.4, 0.5) is 5.69 Å². The van der Waals surface area contributed by atoms with E-state index in [4.69, 9.17) is 0 Å². The SMILES string of the molecule is CCCn1nnc2cc(S(=O)(=O)N3CCCCC3C(=O)N3CCN(c4ccccc4)CC3)ccc21. The van der Waals surface area contributed by atoms with Crippen molar-refractivity contribution in [3.05, 3.63) is 48.5 Å². The minimum Gasteiger partial charge on any atom is -0.368 e. The van der Waals surface area contributed by atoms with Crippen molar-refractivity contribution in [3.8, 4) is 0 Å². The fraction of sp³-hybridized carbons (Fsp3) is 0.480. The second-order valence-electron chi connectivity index (χ2n) is 9.24. The number of piperidine rings is 1. The van der Waals surface area contributed by atoms with Crippen LogP contribution in [0.2, 0.25) is 0 Å². The molecule has 1 amide bonds. The molecular formula is C25H32N6O3S. The molecule has 2 aliphatic rings. The number of para-hydroxylation sites is 1. The van der Waals surface area contributed by atoms with Crippen LogP contribution in [0.3, 0.4) is 0 Å². The van der Waals surface area contributed by atoms with Gasteiger partial charge in [-0.2, -0.15) is 4.31 Å². The molecule has 0 N–H and O–H groups in total.